The summed E-state index contributed by atoms with van der Waals surface area (Å²) in [5, 5.41) is 2.68. The highest BCUT2D eigenvalue weighted by molar-refractivity contribution is 6.13. The van der Waals surface area contributed by atoms with Crippen LogP contribution in [0, 0.1) is 0 Å². The molecule has 0 fully saturated rings. The number of fused-ring (bicyclic) bond motifs is 3. The van der Waals surface area contributed by atoms with E-state index in [9.17, 15) is 0 Å². The Hall–Kier alpha value is -3.32. The van der Waals surface area contributed by atoms with E-state index in [0.717, 1.165) is 0 Å². The number of hydrogen-bond acceptors (Lipinski definition) is 0. The third-order valence-corrected chi connectivity index (χ3v) is 7.58. The maximum absolute atomic E-state index is 2.43. The highest BCUT2D eigenvalue weighted by atomic mass is 15.0. The monoisotopic (exact) mass is 487 g/mol. The van der Waals surface area contributed by atoms with Crippen molar-refractivity contribution >= 4 is 21.8 Å². The summed E-state index contributed by atoms with van der Waals surface area (Å²) in [6, 6.07) is 31.6. The molecule has 0 spiro atoms. The summed E-state index contributed by atoms with van der Waals surface area (Å²) < 4.78 is 2.43. The zero-order valence-corrected chi connectivity index (χ0v) is 24.0. The lowest BCUT2D eigenvalue weighted by atomic mass is 9.75. The smallest absolute Gasteiger partial charge is 0.0544 e. The number of para-hydroxylation sites is 2. The van der Waals surface area contributed by atoms with Crippen molar-refractivity contribution < 1.29 is 0 Å². The number of nitrogens with zero attached hydrogens (tertiary/aromatic N) is 1. The molecular weight excluding hydrogens is 446 g/mol. The van der Waals surface area contributed by atoms with Gasteiger partial charge >= 0.3 is 0 Å². The normalized spacial score (nSPS) is 13.0. The summed E-state index contributed by atoms with van der Waals surface area (Å²) in [6.45, 7) is 21.0. The van der Waals surface area contributed by atoms with E-state index in [4.69, 9.17) is 0 Å². The number of benzene rings is 4. The molecule has 0 unspecified atom stereocenters. The predicted molar refractivity (Wildman–Crippen MR) is 162 cm³/mol. The Bertz CT molecular complexity index is 1560. The minimum atomic E-state index is -0.0415. The minimum Gasteiger partial charge on any atom is -0.309 e. The second kappa shape index (κ2) is 8.62. The van der Waals surface area contributed by atoms with Crippen molar-refractivity contribution in [2.24, 2.45) is 0 Å². The molecule has 37 heavy (non-hydrogen) atoms. The molecule has 0 aliphatic carbocycles. The van der Waals surface area contributed by atoms with Crippen molar-refractivity contribution in [3.63, 3.8) is 0 Å². The summed E-state index contributed by atoms with van der Waals surface area (Å²) in [4.78, 5) is 0. The van der Waals surface area contributed by atoms with Gasteiger partial charge in [-0.05, 0) is 68.3 Å². The molecule has 1 nitrogen and oxygen atoms in total. The SMILES string of the molecule is CC(C)(C)c1cc(-c2ccc3c(c2C(C)(C)C)c2ccccc2n3-c2ccccc2)cc(C(C)(C)C)c1. The Labute approximate surface area is 223 Å². The molecule has 0 saturated carbocycles. The van der Waals surface area contributed by atoms with Gasteiger partial charge in [-0.2, -0.15) is 0 Å². The molecule has 5 aromatic rings. The van der Waals surface area contributed by atoms with E-state index in [0.29, 0.717) is 0 Å². The van der Waals surface area contributed by atoms with Crippen molar-refractivity contribution in [1.29, 1.82) is 0 Å². The Balaban J connectivity index is 1.93. The van der Waals surface area contributed by atoms with E-state index < -0.39 is 0 Å². The number of aromatic nitrogens is 1. The van der Waals surface area contributed by atoms with E-state index in [1.54, 1.807) is 0 Å². The summed E-state index contributed by atoms with van der Waals surface area (Å²) in [7, 11) is 0. The van der Waals surface area contributed by atoms with E-state index in [1.165, 1.54) is 55.3 Å². The van der Waals surface area contributed by atoms with Crippen LogP contribution in [-0.4, -0.2) is 4.57 Å². The van der Waals surface area contributed by atoms with Gasteiger partial charge in [0.15, 0.2) is 0 Å². The lowest BCUT2D eigenvalue weighted by molar-refractivity contribution is 0.568. The molecule has 0 saturated heterocycles. The predicted octanol–water partition coefficient (Wildman–Crippen LogP) is 10.3. The molecule has 0 amide bonds. The largest absolute Gasteiger partial charge is 0.309 e. The fraction of sp³-hybridized carbons (Fsp3) is 0.333. The minimum absolute atomic E-state index is 0.0415. The highest BCUT2D eigenvalue weighted by Crippen LogP contribution is 2.45. The van der Waals surface area contributed by atoms with Gasteiger partial charge in [-0.25, -0.2) is 0 Å². The summed E-state index contributed by atoms with van der Waals surface area (Å²) in [5.74, 6) is 0. The van der Waals surface area contributed by atoms with Crippen molar-refractivity contribution in [2.75, 3.05) is 0 Å². The molecule has 1 heterocycles. The Morgan fingerprint density at radius 2 is 1.08 bits per heavy atom. The van der Waals surface area contributed by atoms with Crippen LogP contribution in [0.4, 0.5) is 0 Å². The van der Waals surface area contributed by atoms with Crippen LogP contribution in [0.2, 0.25) is 0 Å². The van der Waals surface area contributed by atoms with Gasteiger partial charge in [-0.3, -0.25) is 0 Å². The van der Waals surface area contributed by atoms with Crippen molar-refractivity contribution in [2.45, 2.75) is 78.6 Å². The van der Waals surface area contributed by atoms with Gasteiger partial charge in [0.2, 0.25) is 0 Å². The first-order valence-electron chi connectivity index (χ1n) is 13.6. The molecule has 0 aliphatic heterocycles. The molecule has 0 aliphatic rings. The lowest BCUT2D eigenvalue weighted by Crippen LogP contribution is -2.17. The van der Waals surface area contributed by atoms with Crippen molar-refractivity contribution in [3.05, 3.63) is 102 Å². The molecule has 4 aromatic carbocycles. The van der Waals surface area contributed by atoms with Crippen LogP contribution in [0.15, 0.2) is 84.9 Å². The molecule has 0 bridgehead atoms. The Kier molecular flexibility index (Phi) is 5.90. The summed E-state index contributed by atoms with van der Waals surface area (Å²) in [6.07, 6.45) is 0. The van der Waals surface area contributed by atoms with Gasteiger partial charge in [0.25, 0.3) is 0 Å². The first-order valence-corrected chi connectivity index (χ1v) is 13.6. The zero-order chi connectivity index (χ0) is 26.8. The van der Waals surface area contributed by atoms with E-state index in [1.807, 2.05) is 0 Å². The van der Waals surface area contributed by atoms with E-state index in [-0.39, 0.29) is 16.2 Å². The summed E-state index contributed by atoms with van der Waals surface area (Å²) >= 11 is 0. The van der Waals surface area contributed by atoms with Gasteiger partial charge < -0.3 is 4.57 Å². The maximum atomic E-state index is 2.43. The molecule has 5 rings (SSSR count). The molecule has 1 aromatic heterocycles. The van der Waals surface area contributed by atoms with Crippen LogP contribution < -0.4 is 0 Å². The third-order valence-electron chi connectivity index (χ3n) is 7.58. The van der Waals surface area contributed by atoms with Crippen LogP contribution in [-0.2, 0) is 16.2 Å². The molecular formula is C36H41N. The van der Waals surface area contributed by atoms with Crippen molar-refractivity contribution in [3.8, 4) is 16.8 Å². The van der Waals surface area contributed by atoms with Gasteiger partial charge in [-0.1, -0.05) is 123 Å². The van der Waals surface area contributed by atoms with Crippen LogP contribution in [0.3, 0.4) is 0 Å². The fourth-order valence-corrected chi connectivity index (χ4v) is 5.58. The molecule has 0 radical (unpaired) electrons. The summed E-state index contributed by atoms with van der Waals surface area (Å²) in [5.41, 5.74) is 10.7. The standard InChI is InChI=1S/C36H41N/c1-34(2,3)25-21-24(22-26(23-25)35(4,5)6)28-19-20-31-32(33(28)36(7,8)9)29-17-13-14-18-30(29)37(31)27-15-11-10-12-16-27/h10-23H,1-9H3. The van der Waals surface area contributed by atoms with Crippen LogP contribution >= 0.6 is 0 Å². The topological polar surface area (TPSA) is 4.93 Å². The third kappa shape index (κ3) is 4.50. The van der Waals surface area contributed by atoms with Crippen LogP contribution in [0.1, 0.15) is 79.0 Å². The molecule has 1 heteroatoms. The maximum Gasteiger partial charge on any atom is 0.0544 e. The first kappa shape index (κ1) is 25.3. The molecule has 0 N–H and O–H groups in total. The van der Waals surface area contributed by atoms with E-state index in [2.05, 4.69) is 152 Å². The Morgan fingerprint density at radius 1 is 0.514 bits per heavy atom. The average Bonchev–Trinajstić information content (AvgIpc) is 3.16. The number of hydrogen-bond donors (Lipinski definition) is 0. The lowest BCUT2D eigenvalue weighted by Gasteiger charge is -2.29. The quantitative estimate of drug-likeness (QED) is 0.233. The van der Waals surface area contributed by atoms with Crippen LogP contribution in [0.5, 0.6) is 0 Å². The van der Waals surface area contributed by atoms with Gasteiger partial charge in [0, 0.05) is 16.5 Å². The van der Waals surface area contributed by atoms with Crippen LogP contribution in [0.25, 0.3) is 38.6 Å². The molecule has 0 atom stereocenters. The van der Waals surface area contributed by atoms with Gasteiger partial charge in [0.1, 0.15) is 0 Å². The Morgan fingerprint density at radius 3 is 1.65 bits per heavy atom. The van der Waals surface area contributed by atoms with Gasteiger partial charge in [-0.15, -0.1) is 0 Å². The fourth-order valence-electron chi connectivity index (χ4n) is 5.58. The average molecular weight is 488 g/mol. The zero-order valence-electron chi connectivity index (χ0n) is 24.0. The van der Waals surface area contributed by atoms with Crippen molar-refractivity contribution in [1.82, 2.24) is 4.57 Å². The van der Waals surface area contributed by atoms with Gasteiger partial charge in [0.05, 0.1) is 11.0 Å². The second-order valence-electron chi connectivity index (χ2n) is 13.6. The first-order chi connectivity index (χ1) is 17.3. The highest BCUT2D eigenvalue weighted by Gasteiger charge is 2.28. The second-order valence-corrected chi connectivity index (χ2v) is 13.6. The number of rotatable bonds is 2. The van der Waals surface area contributed by atoms with E-state index >= 15 is 0 Å². The molecule has 190 valence electrons.